The first-order chi connectivity index (χ1) is 6.11. The Morgan fingerprint density at radius 2 is 1.77 bits per heavy atom. The minimum atomic E-state index is 0.132. The number of aliphatic hydroxyl groups excluding tert-OH is 1. The van der Waals surface area contributed by atoms with E-state index in [4.69, 9.17) is 5.11 Å². The van der Waals surface area contributed by atoms with Gasteiger partial charge in [-0.2, -0.15) is 0 Å². The number of aryl methyl sites for hydroxylation is 2. The molecule has 0 aliphatic heterocycles. The summed E-state index contributed by atoms with van der Waals surface area (Å²) in [6, 6.07) is 6.38. The van der Waals surface area contributed by atoms with Crippen LogP contribution in [0.2, 0.25) is 0 Å². The zero-order chi connectivity index (χ0) is 9.84. The summed E-state index contributed by atoms with van der Waals surface area (Å²) in [6.07, 6.45) is 2.01. The molecule has 0 saturated carbocycles. The maximum absolute atomic E-state index is 8.87. The molecule has 0 saturated heterocycles. The predicted octanol–water partition coefficient (Wildman–Crippen LogP) is 2.70. The van der Waals surface area contributed by atoms with Crippen LogP contribution in [-0.4, -0.2) is 11.7 Å². The Kier molecular flexibility index (Phi) is 3.26. The number of hydrogen-bond acceptors (Lipinski definition) is 1. The molecule has 0 radical (unpaired) electrons. The molecular weight excluding hydrogens is 160 g/mol. The third-order valence-electron chi connectivity index (χ3n) is 1.91. The van der Waals surface area contributed by atoms with Crippen LogP contribution in [0.5, 0.6) is 0 Å². The summed E-state index contributed by atoms with van der Waals surface area (Å²) in [5.41, 5.74) is 4.68. The lowest BCUT2D eigenvalue weighted by Gasteiger charge is -2.01. The van der Waals surface area contributed by atoms with Crippen molar-refractivity contribution in [2.24, 2.45) is 0 Å². The highest BCUT2D eigenvalue weighted by Crippen LogP contribution is 2.12. The zero-order valence-corrected chi connectivity index (χ0v) is 8.46. The van der Waals surface area contributed by atoms with Crippen LogP contribution in [-0.2, 0) is 0 Å². The van der Waals surface area contributed by atoms with Crippen molar-refractivity contribution < 1.29 is 5.11 Å². The second kappa shape index (κ2) is 4.24. The molecule has 0 fully saturated rings. The molecule has 1 rings (SSSR count). The van der Waals surface area contributed by atoms with Crippen molar-refractivity contribution in [3.05, 3.63) is 40.5 Å². The lowest BCUT2D eigenvalue weighted by molar-refractivity contribution is 0.332. The van der Waals surface area contributed by atoms with Crippen molar-refractivity contribution in [2.45, 2.75) is 20.8 Å². The van der Waals surface area contributed by atoms with Crippen molar-refractivity contribution >= 4 is 6.08 Å². The molecule has 0 aliphatic rings. The average Bonchev–Trinajstić information content (AvgIpc) is 2.02. The van der Waals surface area contributed by atoms with Crippen molar-refractivity contribution in [3.8, 4) is 0 Å². The third kappa shape index (κ3) is 3.03. The van der Waals surface area contributed by atoms with E-state index < -0.39 is 0 Å². The van der Waals surface area contributed by atoms with Gasteiger partial charge in [-0.1, -0.05) is 35.4 Å². The average molecular weight is 176 g/mol. The van der Waals surface area contributed by atoms with Gasteiger partial charge in [-0.05, 0) is 31.9 Å². The van der Waals surface area contributed by atoms with Crippen LogP contribution < -0.4 is 0 Å². The molecule has 1 N–H and O–H groups in total. The molecule has 1 aromatic carbocycles. The van der Waals surface area contributed by atoms with Gasteiger partial charge in [0.2, 0.25) is 0 Å². The first-order valence-corrected chi connectivity index (χ1v) is 4.48. The molecular formula is C12H16O. The standard InChI is InChI=1S/C12H16O/c1-9-4-10(2)6-12(5-9)7-11(3)8-13/h4-7,13H,8H2,1-3H3. The Morgan fingerprint density at radius 1 is 1.23 bits per heavy atom. The maximum atomic E-state index is 8.87. The van der Waals surface area contributed by atoms with Crippen molar-refractivity contribution in [3.63, 3.8) is 0 Å². The van der Waals surface area contributed by atoms with E-state index in [0.29, 0.717) is 0 Å². The molecule has 0 heterocycles. The fraction of sp³-hybridized carbons (Fsp3) is 0.333. The van der Waals surface area contributed by atoms with Gasteiger partial charge in [-0.15, -0.1) is 0 Å². The summed E-state index contributed by atoms with van der Waals surface area (Å²) in [4.78, 5) is 0. The molecule has 1 heteroatoms. The third-order valence-corrected chi connectivity index (χ3v) is 1.91. The minimum Gasteiger partial charge on any atom is -0.392 e. The van der Waals surface area contributed by atoms with Crippen LogP contribution >= 0.6 is 0 Å². The van der Waals surface area contributed by atoms with Gasteiger partial charge in [-0.3, -0.25) is 0 Å². The molecule has 0 amide bonds. The fourth-order valence-corrected chi connectivity index (χ4v) is 1.42. The first-order valence-electron chi connectivity index (χ1n) is 4.48. The number of benzene rings is 1. The van der Waals surface area contributed by atoms with Crippen molar-refractivity contribution in [2.75, 3.05) is 6.61 Å². The van der Waals surface area contributed by atoms with Crippen LogP contribution in [0.15, 0.2) is 23.8 Å². The van der Waals surface area contributed by atoms with E-state index in [-0.39, 0.29) is 6.61 Å². The van der Waals surface area contributed by atoms with Gasteiger partial charge in [0.25, 0.3) is 0 Å². The molecule has 0 bridgehead atoms. The zero-order valence-electron chi connectivity index (χ0n) is 8.46. The molecule has 0 aromatic heterocycles. The SMILES string of the molecule is CC(=Cc1cc(C)cc(C)c1)CO. The van der Waals surface area contributed by atoms with Gasteiger partial charge in [0.15, 0.2) is 0 Å². The maximum Gasteiger partial charge on any atom is 0.0642 e. The fourth-order valence-electron chi connectivity index (χ4n) is 1.42. The van der Waals surface area contributed by atoms with Gasteiger partial charge in [0.05, 0.1) is 6.61 Å². The van der Waals surface area contributed by atoms with Gasteiger partial charge >= 0.3 is 0 Å². The monoisotopic (exact) mass is 176 g/mol. The van der Waals surface area contributed by atoms with E-state index in [2.05, 4.69) is 32.0 Å². The molecule has 0 unspecified atom stereocenters. The Hall–Kier alpha value is -1.08. The highest BCUT2D eigenvalue weighted by atomic mass is 16.3. The van der Waals surface area contributed by atoms with Crippen LogP contribution in [0.4, 0.5) is 0 Å². The molecule has 0 atom stereocenters. The lowest BCUT2D eigenvalue weighted by Crippen LogP contribution is -1.85. The first kappa shape index (κ1) is 10.0. The normalized spacial score (nSPS) is 11.8. The van der Waals surface area contributed by atoms with Crippen LogP contribution in [0.3, 0.4) is 0 Å². The summed E-state index contributed by atoms with van der Waals surface area (Å²) >= 11 is 0. The summed E-state index contributed by atoms with van der Waals surface area (Å²) in [7, 11) is 0. The Morgan fingerprint density at radius 3 is 2.23 bits per heavy atom. The summed E-state index contributed by atoms with van der Waals surface area (Å²) < 4.78 is 0. The largest absolute Gasteiger partial charge is 0.392 e. The van der Waals surface area contributed by atoms with Crippen LogP contribution in [0, 0.1) is 13.8 Å². The quantitative estimate of drug-likeness (QED) is 0.734. The number of rotatable bonds is 2. The van der Waals surface area contributed by atoms with E-state index >= 15 is 0 Å². The van der Waals surface area contributed by atoms with Crippen LogP contribution in [0.25, 0.3) is 6.08 Å². The summed E-state index contributed by atoms with van der Waals surface area (Å²) in [5.74, 6) is 0. The molecule has 0 aliphatic carbocycles. The molecule has 70 valence electrons. The molecule has 13 heavy (non-hydrogen) atoms. The predicted molar refractivity (Wildman–Crippen MR) is 56.7 cm³/mol. The van der Waals surface area contributed by atoms with Gasteiger partial charge in [0, 0.05) is 0 Å². The van der Waals surface area contributed by atoms with E-state index in [0.717, 1.165) is 5.57 Å². The minimum absolute atomic E-state index is 0.132. The van der Waals surface area contributed by atoms with E-state index in [1.165, 1.54) is 16.7 Å². The highest BCUT2D eigenvalue weighted by Gasteiger charge is 1.93. The molecule has 0 spiro atoms. The smallest absolute Gasteiger partial charge is 0.0642 e. The van der Waals surface area contributed by atoms with E-state index in [9.17, 15) is 0 Å². The van der Waals surface area contributed by atoms with E-state index in [1.54, 1.807) is 0 Å². The molecule has 1 nitrogen and oxygen atoms in total. The van der Waals surface area contributed by atoms with E-state index in [1.807, 2.05) is 13.0 Å². The number of aliphatic hydroxyl groups is 1. The second-order valence-corrected chi connectivity index (χ2v) is 3.57. The van der Waals surface area contributed by atoms with Gasteiger partial charge in [-0.25, -0.2) is 0 Å². The lowest BCUT2D eigenvalue weighted by atomic mass is 10.1. The van der Waals surface area contributed by atoms with Crippen molar-refractivity contribution in [1.29, 1.82) is 0 Å². The van der Waals surface area contributed by atoms with Crippen LogP contribution in [0.1, 0.15) is 23.6 Å². The Labute approximate surface area is 79.7 Å². The van der Waals surface area contributed by atoms with Gasteiger partial charge < -0.3 is 5.11 Å². The summed E-state index contributed by atoms with van der Waals surface area (Å²) in [5, 5.41) is 8.87. The Balaban J connectivity index is 3.02. The number of hydrogen-bond donors (Lipinski definition) is 1. The second-order valence-electron chi connectivity index (χ2n) is 3.57. The highest BCUT2D eigenvalue weighted by molar-refractivity contribution is 5.54. The summed E-state index contributed by atoms with van der Waals surface area (Å²) in [6.45, 7) is 6.22. The Bertz CT molecular complexity index is 304. The van der Waals surface area contributed by atoms with Crippen molar-refractivity contribution in [1.82, 2.24) is 0 Å². The van der Waals surface area contributed by atoms with Gasteiger partial charge in [0.1, 0.15) is 0 Å². The topological polar surface area (TPSA) is 20.2 Å². The molecule has 1 aromatic rings.